The largest absolute Gasteiger partial charge is 0.489 e. The van der Waals surface area contributed by atoms with Crippen molar-refractivity contribution in [1.82, 2.24) is 4.81 Å². The molecule has 0 aliphatic carbocycles. The van der Waals surface area contributed by atoms with Crippen LogP contribution in [0.3, 0.4) is 0 Å². The summed E-state index contributed by atoms with van der Waals surface area (Å²) in [5, 5.41) is 10.1. The van der Waals surface area contributed by atoms with E-state index in [1.165, 1.54) is 6.07 Å². The van der Waals surface area contributed by atoms with Gasteiger partial charge < -0.3 is 20.3 Å². The number of hydrogen-bond donors (Lipinski definition) is 2. The predicted octanol–water partition coefficient (Wildman–Crippen LogP) is 2.51. The predicted molar refractivity (Wildman–Crippen MR) is 97.8 cm³/mol. The van der Waals surface area contributed by atoms with Crippen LogP contribution in [-0.4, -0.2) is 28.8 Å². The number of rotatable bonds is 6. The van der Waals surface area contributed by atoms with Gasteiger partial charge in [-0.15, -0.1) is 0 Å². The summed E-state index contributed by atoms with van der Waals surface area (Å²) in [7, 11) is -0.767. The molecule has 1 heterocycles. The Morgan fingerprint density at radius 3 is 2.58 bits per heavy atom. The molecule has 5 nitrogen and oxygen atoms in total. The summed E-state index contributed by atoms with van der Waals surface area (Å²) >= 11 is 0. The van der Waals surface area contributed by atoms with Gasteiger partial charge in [0, 0.05) is 11.6 Å². The van der Waals surface area contributed by atoms with Crippen LogP contribution in [-0.2, 0) is 11.4 Å². The zero-order valence-electron chi connectivity index (χ0n) is 14.6. The van der Waals surface area contributed by atoms with Crippen LogP contribution in [0.1, 0.15) is 30.0 Å². The monoisotopic (exact) mass is 356 g/mol. The molecule has 0 spiro atoms. The van der Waals surface area contributed by atoms with E-state index in [2.05, 4.69) is 0 Å². The van der Waals surface area contributed by atoms with Crippen molar-refractivity contribution in [2.24, 2.45) is 5.73 Å². The molecule has 3 N–H and O–H groups in total. The highest BCUT2D eigenvalue weighted by molar-refractivity contribution is 6.46. The average molecular weight is 356 g/mol. The molecule has 26 heavy (non-hydrogen) atoms. The summed E-state index contributed by atoms with van der Waals surface area (Å²) in [5.41, 5.74) is 6.93. The van der Waals surface area contributed by atoms with E-state index in [0.717, 1.165) is 12.0 Å². The molecule has 7 heteroatoms. The maximum absolute atomic E-state index is 13.6. The van der Waals surface area contributed by atoms with Gasteiger partial charge in [-0.25, -0.2) is 4.39 Å². The minimum absolute atomic E-state index is 0.0758. The van der Waals surface area contributed by atoms with Crippen molar-refractivity contribution in [2.45, 2.75) is 38.4 Å². The Morgan fingerprint density at radius 2 is 1.96 bits per heavy atom. The molecule has 1 aliphatic heterocycles. The van der Waals surface area contributed by atoms with Gasteiger partial charge in [-0.1, -0.05) is 30.3 Å². The van der Waals surface area contributed by atoms with Crippen LogP contribution in [0.4, 0.5) is 4.39 Å². The molecule has 2 atom stereocenters. The highest BCUT2D eigenvalue weighted by Crippen LogP contribution is 2.37. The van der Waals surface area contributed by atoms with Crippen molar-refractivity contribution in [2.75, 3.05) is 0 Å². The molecule has 0 radical (unpaired) electrons. The SMILES string of the molecule is CB(O)N1C(c2ccc(OCc3ccccc3F)cc2)CC[C@H]1C(N)=O. The van der Waals surface area contributed by atoms with Crippen LogP contribution in [0, 0.1) is 5.82 Å². The zero-order valence-corrected chi connectivity index (χ0v) is 14.6. The summed E-state index contributed by atoms with van der Waals surface area (Å²) in [6.07, 6.45) is 1.37. The Kier molecular flexibility index (Phi) is 5.59. The Balaban J connectivity index is 1.69. The summed E-state index contributed by atoms with van der Waals surface area (Å²) in [5.74, 6) is -0.0802. The van der Waals surface area contributed by atoms with E-state index in [4.69, 9.17) is 10.5 Å². The second-order valence-electron chi connectivity index (χ2n) is 6.54. The number of carbonyl (C=O) groups excluding carboxylic acids is 1. The minimum atomic E-state index is -0.767. The molecular formula is C19H22BFN2O3. The van der Waals surface area contributed by atoms with Crippen LogP contribution in [0.25, 0.3) is 0 Å². The fraction of sp³-hybridized carbons (Fsp3) is 0.316. The van der Waals surface area contributed by atoms with Gasteiger partial charge in [-0.05, 0) is 43.4 Å². The number of nitrogens with zero attached hydrogens (tertiary/aromatic N) is 1. The van der Waals surface area contributed by atoms with E-state index < -0.39 is 19.0 Å². The molecule has 0 saturated carbocycles. The van der Waals surface area contributed by atoms with Crippen LogP contribution in [0.2, 0.25) is 6.82 Å². The number of halogens is 1. The van der Waals surface area contributed by atoms with Crippen LogP contribution in [0.5, 0.6) is 5.75 Å². The second kappa shape index (κ2) is 7.89. The van der Waals surface area contributed by atoms with Gasteiger partial charge in [0.2, 0.25) is 5.91 Å². The Morgan fingerprint density at radius 1 is 1.27 bits per heavy atom. The lowest BCUT2D eigenvalue weighted by atomic mass is 9.81. The van der Waals surface area contributed by atoms with E-state index >= 15 is 0 Å². The number of benzene rings is 2. The van der Waals surface area contributed by atoms with Crippen molar-refractivity contribution in [3.05, 3.63) is 65.5 Å². The number of hydrogen-bond acceptors (Lipinski definition) is 4. The molecule has 2 aromatic carbocycles. The van der Waals surface area contributed by atoms with Crippen molar-refractivity contribution in [3.8, 4) is 5.75 Å². The summed E-state index contributed by atoms with van der Waals surface area (Å²) < 4.78 is 19.3. The molecule has 1 amide bonds. The van der Waals surface area contributed by atoms with Crippen LogP contribution >= 0.6 is 0 Å². The van der Waals surface area contributed by atoms with Crippen molar-refractivity contribution >= 4 is 13.0 Å². The lowest BCUT2D eigenvalue weighted by Gasteiger charge is -2.29. The zero-order chi connectivity index (χ0) is 18.7. The van der Waals surface area contributed by atoms with E-state index in [-0.39, 0.29) is 18.5 Å². The Labute approximate surface area is 152 Å². The second-order valence-corrected chi connectivity index (χ2v) is 6.54. The highest BCUT2D eigenvalue weighted by Gasteiger charge is 2.41. The van der Waals surface area contributed by atoms with Gasteiger partial charge in [0.05, 0.1) is 6.04 Å². The number of carbonyl (C=O) groups is 1. The van der Waals surface area contributed by atoms with Gasteiger partial charge in [0.1, 0.15) is 18.2 Å². The lowest BCUT2D eigenvalue weighted by Crippen LogP contribution is -2.48. The summed E-state index contributed by atoms with van der Waals surface area (Å²) in [4.78, 5) is 13.4. The van der Waals surface area contributed by atoms with Gasteiger partial charge in [-0.2, -0.15) is 0 Å². The normalized spacial score (nSPS) is 20.1. The van der Waals surface area contributed by atoms with Gasteiger partial charge in [0.15, 0.2) is 0 Å². The smallest absolute Gasteiger partial charge is 0.377 e. The average Bonchev–Trinajstić information content (AvgIpc) is 3.07. The summed E-state index contributed by atoms with van der Waals surface area (Å²) in [6, 6.07) is 13.4. The van der Waals surface area contributed by atoms with E-state index in [9.17, 15) is 14.2 Å². The molecule has 1 unspecified atom stereocenters. The molecule has 1 aliphatic rings. The van der Waals surface area contributed by atoms with Crippen molar-refractivity contribution < 1.29 is 18.9 Å². The van der Waals surface area contributed by atoms with Crippen molar-refractivity contribution in [3.63, 3.8) is 0 Å². The fourth-order valence-corrected chi connectivity index (χ4v) is 3.54. The Hall–Kier alpha value is -2.38. The highest BCUT2D eigenvalue weighted by atomic mass is 19.1. The summed E-state index contributed by atoms with van der Waals surface area (Å²) in [6.45, 7) is 1.79. The number of ether oxygens (including phenoxy) is 1. The first-order valence-electron chi connectivity index (χ1n) is 8.68. The minimum Gasteiger partial charge on any atom is -0.489 e. The first-order chi connectivity index (χ1) is 12.5. The van der Waals surface area contributed by atoms with Gasteiger partial charge in [0.25, 0.3) is 0 Å². The standard InChI is InChI=1S/C19H22BFN2O3/c1-20(25)23-17(10-11-18(23)19(22)24)13-6-8-15(9-7-13)26-12-14-4-2-3-5-16(14)21/h2-9,17-18,25H,10-12H2,1H3,(H2,22,24)/t17?,18-/m0/s1. The molecule has 0 aromatic heterocycles. The molecule has 136 valence electrons. The van der Waals surface area contributed by atoms with Crippen molar-refractivity contribution in [1.29, 1.82) is 0 Å². The van der Waals surface area contributed by atoms with Crippen LogP contribution < -0.4 is 10.5 Å². The van der Waals surface area contributed by atoms with Crippen LogP contribution in [0.15, 0.2) is 48.5 Å². The Bertz CT molecular complexity index is 770. The fourth-order valence-electron chi connectivity index (χ4n) is 3.54. The lowest BCUT2D eigenvalue weighted by molar-refractivity contribution is -0.121. The third-order valence-electron chi connectivity index (χ3n) is 4.81. The quantitative estimate of drug-likeness (QED) is 0.780. The maximum atomic E-state index is 13.6. The number of amides is 1. The number of nitrogens with two attached hydrogens (primary N) is 1. The van der Waals surface area contributed by atoms with Gasteiger partial charge in [-0.3, -0.25) is 4.79 Å². The van der Waals surface area contributed by atoms with Gasteiger partial charge >= 0.3 is 7.05 Å². The van der Waals surface area contributed by atoms with E-state index in [1.54, 1.807) is 29.8 Å². The molecule has 1 fully saturated rings. The molecule has 0 bridgehead atoms. The third kappa shape index (κ3) is 3.89. The van der Waals surface area contributed by atoms with E-state index in [1.807, 2.05) is 24.3 Å². The molecule has 3 rings (SSSR count). The first kappa shape index (κ1) is 18.4. The molecule has 2 aromatic rings. The first-order valence-corrected chi connectivity index (χ1v) is 8.68. The van der Waals surface area contributed by atoms with E-state index in [0.29, 0.717) is 17.7 Å². The molecule has 1 saturated heterocycles. The third-order valence-corrected chi connectivity index (χ3v) is 4.81. The number of primary amides is 1. The maximum Gasteiger partial charge on any atom is 0.377 e. The topological polar surface area (TPSA) is 75.8 Å². The molecular weight excluding hydrogens is 334 g/mol.